The van der Waals surface area contributed by atoms with Crippen molar-refractivity contribution < 1.29 is 24.5 Å². The molecule has 0 saturated carbocycles. The van der Waals surface area contributed by atoms with E-state index >= 15 is 0 Å². The van der Waals surface area contributed by atoms with Crippen LogP contribution in [0.15, 0.2) is 52.7 Å². The van der Waals surface area contributed by atoms with Gasteiger partial charge in [-0.1, -0.05) is 17.7 Å². The number of ether oxygens (including phenoxy) is 1. The molecule has 1 aliphatic rings. The molecule has 0 radical (unpaired) electrons. The molecule has 3 aromatic rings. The number of aromatic nitrogens is 1. The molecular formula is C22H21N3O5. The van der Waals surface area contributed by atoms with Gasteiger partial charge >= 0.3 is 0 Å². The summed E-state index contributed by atoms with van der Waals surface area (Å²) in [5.74, 6) is -1.58. The Hall–Kier alpha value is -3.52. The van der Waals surface area contributed by atoms with Gasteiger partial charge in [-0.05, 0) is 50.1 Å². The average Bonchev–Trinajstić information content (AvgIpc) is 3.35. The number of azo groups is 1. The third kappa shape index (κ3) is 3.81. The fourth-order valence-electron chi connectivity index (χ4n) is 3.52. The lowest BCUT2D eigenvalue weighted by molar-refractivity contribution is 0.0930. The molecule has 2 heterocycles. The van der Waals surface area contributed by atoms with Crippen molar-refractivity contribution in [2.24, 2.45) is 10.2 Å². The van der Waals surface area contributed by atoms with Crippen molar-refractivity contribution in [2.75, 3.05) is 6.61 Å². The zero-order valence-electron chi connectivity index (χ0n) is 16.4. The highest BCUT2D eigenvalue weighted by atomic mass is 16.5. The smallest absolute Gasteiger partial charge is 0.295 e. The van der Waals surface area contributed by atoms with Crippen LogP contribution in [0.1, 0.15) is 39.1 Å². The van der Waals surface area contributed by atoms with Gasteiger partial charge in [0.2, 0.25) is 11.8 Å². The maximum Gasteiger partial charge on any atom is 0.295 e. The van der Waals surface area contributed by atoms with Gasteiger partial charge in [-0.2, -0.15) is 0 Å². The highest BCUT2D eigenvalue weighted by Crippen LogP contribution is 2.37. The summed E-state index contributed by atoms with van der Waals surface area (Å²) in [6.45, 7) is 2.88. The Morgan fingerprint density at radius 1 is 1.00 bits per heavy atom. The molecule has 154 valence electrons. The van der Waals surface area contributed by atoms with Crippen LogP contribution in [0.4, 0.5) is 0 Å². The van der Waals surface area contributed by atoms with Crippen LogP contribution in [-0.4, -0.2) is 39.3 Å². The Morgan fingerprint density at radius 2 is 1.63 bits per heavy atom. The van der Waals surface area contributed by atoms with E-state index in [0.717, 1.165) is 18.4 Å². The molecule has 30 heavy (non-hydrogen) atoms. The number of hydrogen-bond donors (Lipinski definition) is 2. The van der Waals surface area contributed by atoms with Crippen molar-refractivity contribution in [3.05, 3.63) is 59.2 Å². The number of fused-ring (bicyclic) bond motifs is 1. The van der Waals surface area contributed by atoms with Gasteiger partial charge in [0.1, 0.15) is 0 Å². The van der Waals surface area contributed by atoms with Crippen molar-refractivity contribution in [1.29, 1.82) is 0 Å². The van der Waals surface area contributed by atoms with Gasteiger partial charge in [0, 0.05) is 28.5 Å². The third-order valence-electron chi connectivity index (χ3n) is 5.20. The lowest BCUT2D eigenvalue weighted by atomic mass is 10.1. The van der Waals surface area contributed by atoms with Gasteiger partial charge in [0.15, 0.2) is 0 Å². The zero-order valence-corrected chi connectivity index (χ0v) is 16.4. The van der Waals surface area contributed by atoms with Crippen LogP contribution < -0.4 is 0 Å². The van der Waals surface area contributed by atoms with Crippen LogP contribution in [0.25, 0.3) is 10.8 Å². The van der Waals surface area contributed by atoms with E-state index in [1.807, 2.05) is 6.92 Å². The van der Waals surface area contributed by atoms with Gasteiger partial charge in [-0.15, -0.1) is 10.2 Å². The maximum atomic E-state index is 12.4. The van der Waals surface area contributed by atoms with Gasteiger partial charge in [0.05, 0.1) is 12.6 Å². The molecule has 1 unspecified atom stereocenters. The Bertz CT molecular complexity index is 1140. The molecule has 8 heteroatoms. The van der Waals surface area contributed by atoms with Gasteiger partial charge in [-0.3, -0.25) is 14.2 Å². The van der Waals surface area contributed by atoms with Crippen LogP contribution in [0.2, 0.25) is 0 Å². The minimum Gasteiger partial charge on any atom is -0.494 e. The van der Waals surface area contributed by atoms with Crippen LogP contribution in [0.3, 0.4) is 0 Å². The number of carbonyl (C=O) groups is 2. The van der Waals surface area contributed by atoms with Crippen molar-refractivity contribution in [3.8, 4) is 11.8 Å². The molecule has 1 aliphatic heterocycles. The summed E-state index contributed by atoms with van der Waals surface area (Å²) in [6, 6.07) is 11.2. The number of hydrogen-bond acceptors (Lipinski definition) is 5. The van der Waals surface area contributed by atoms with Gasteiger partial charge in [0.25, 0.3) is 11.8 Å². The quantitative estimate of drug-likeness (QED) is 0.635. The third-order valence-corrected chi connectivity index (χ3v) is 5.20. The van der Waals surface area contributed by atoms with Crippen LogP contribution in [0, 0.1) is 6.92 Å². The molecule has 1 atom stereocenters. The molecule has 0 aliphatic carbocycles. The highest BCUT2D eigenvalue weighted by Gasteiger charge is 2.23. The van der Waals surface area contributed by atoms with Crippen molar-refractivity contribution in [3.63, 3.8) is 0 Å². The summed E-state index contributed by atoms with van der Waals surface area (Å²) >= 11 is 0. The molecule has 1 fully saturated rings. The molecule has 0 bridgehead atoms. The van der Waals surface area contributed by atoms with E-state index in [9.17, 15) is 19.8 Å². The molecule has 4 rings (SSSR count). The monoisotopic (exact) mass is 407 g/mol. The van der Waals surface area contributed by atoms with Crippen molar-refractivity contribution in [2.45, 2.75) is 32.4 Å². The topological polar surface area (TPSA) is 113 Å². The normalized spacial score (nSPS) is 16.5. The van der Waals surface area contributed by atoms with Crippen LogP contribution in [0.5, 0.6) is 11.8 Å². The average molecular weight is 407 g/mol. The summed E-state index contributed by atoms with van der Waals surface area (Å²) in [5, 5.41) is 28.7. The summed E-state index contributed by atoms with van der Waals surface area (Å²) in [5.41, 5.74) is 1.48. The number of aromatic hydroxyl groups is 2. The Labute approximate surface area is 172 Å². The fourth-order valence-corrected chi connectivity index (χ4v) is 3.52. The summed E-state index contributed by atoms with van der Waals surface area (Å²) in [6.07, 6.45) is 1.72. The number of nitrogens with zero attached hydrogens (tertiary/aromatic N) is 3. The second kappa shape index (κ2) is 8.08. The van der Waals surface area contributed by atoms with Crippen LogP contribution >= 0.6 is 0 Å². The first-order valence-electron chi connectivity index (χ1n) is 9.67. The molecule has 8 nitrogen and oxygen atoms in total. The molecule has 1 saturated heterocycles. The summed E-state index contributed by atoms with van der Waals surface area (Å²) in [7, 11) is 0. The maximum absolute atomic E-state index is 12.4. The second-order valence-corrected chi connectivity index (χ2v) is 7.33. The Balaban J connectivity index is 1.56. The minimum atomic E-state index is -0.719. The lowest BCUT2D eigenvalue weighted by Gasteiger charge is -2.12. The van der Waals surface area contributed by atoms with Crippen molar-refractivity contribution in [1.82, 2.24) is 4.57 Å². The first-order chi connectivity index (χ1) is 14.4. The predicted molar refractivity (Wildman–Crippen MR) is 109 cm³/mol. The highest BCUT2D eigenvalue weighted by molar-refractivity contribution is 6.03. The first-order valence-corrected chi connectivity index (χ1v) is 9.67. The largest absolute Gasteiger partial charge is 0.494 e. The fraction of sp³-hybridized carbons (Fsp3) is 0.273. The molecule has 2 N–H and O–H groups in total. The number of carbonyl (C=O) groups excluding carboxylic acids is 2. The number of benzene rings is 2. The molecule has 2 aromatic carbocycles. The zero-order chi connectivity index (χ0) is 21.3. The summed E-state index contributed by atoms with van der Waals surface area (Å²) < 4.78 is 6.94. The van der Waals surface area contributed by atoms with E-state index in [0.29, 0.717) is 29.5 Å². The predicted octanol–water partition coefficient (Wildman–Crippen LogP) is 3.97. The Kier molecular flexibility index (Phi) is 5.33. The van der Waals surface area contributed by atoms with E-state index in [4.69, 9.17) is 4.74 Å². The van der Waals surface area contributed by atoms with E-state index in [2.05, 4.69) is 10.2 Å². The first kappa shape index (κ1) is 19.8. The SMILES string of the molecule is Cc1ccc(C(=O)N=NC(=O)c2ccc3c(O)n(CC4CCCO4)c(O)c3c2)cc1. The summed E-state index contributed by atoms with van der Waals surface area (Å²) in [4.78, 5) is 24.4. The Morgan fingerprint density at radius 3 is 2.30 bits per heavy atom. The van der Waals surface area contributed by atoms with Crippen molar-refractivity contribution >= 4 is 22.6 Å². The minimum absolute atomic E-state index is 0.0775. The molecule has 2 amide bonds. The molecule has 1 aromatic heterocycles. The van der Waals surface area contributed by atoms with Crippen LogP contribution in [-0.2, 0) is 11.3 Å². The lowest BCUT2D eigenvalue weighted by Crippen LogP contribution is -2.14. The van der Waals surface area contributed by atoms with E-state index in [1.54, 1.807) is 24.3 Å². The van der Waals surface area contributed by atoms with E-state index in [-0.39, 0.29) is 23.4 Å². The number of amides is 2. The van der Waals surface area contributed by atoms with Gasteiger partial charge in [-0.25, -0.2) is 0 Å². The number of rotatable bonds is 4. The van der Waals surface area contributed by atoms with E-state index < -0.39 is 11.8 Å². The second-order valence-electron chi connectivity index (χ2n) is 7.33. The van der Waals surface area contributed by atoms with Gasteiger partial charge < -0.3 is 14.9 Å². The standard InChI is InChI=1S/C22H21N3O5/c1-13-4-6-14(7-5-13)19(26)23-24-20(27)15-8-9-17-18(11-15)22(29)25(21(17)28)12-16-3-2-10-30-16/h4-9,11,16,28-29H,2-3,10,12H2,1H3. The molecular weight excluding hydrogens is 386 g/mol. The molecule has 0 spiro atoms. The number of aryl methyl sites for hydroxylation is 1. The van der Waals surface area contributed by atoms with E-state index in [1.165, 1.54) is 22.8 Å².